The van der Waals surface area contributed by atoms with Crippen LogP contribution < -0.4 is 20.3 Å². The molecule has 2 amide bonds. The Bertz CT molecular complexity index is 1460. The minimum Gasteiger partial charge on any atom is -0.496 e. The minimum absolute atomic E-state index is 0.115. The molecule has 210 valence electrons. The Labute approximate surface area is 242 Å². The third kappa shape index (κ3) is 6.43. The molecular formula is C35H37N3O3. The molecule has 1 heterocycles. The second kappa shape index (κ2) is 13.2. The molecular weight excluding hydrogens is 510 g/mol. The number of amides is 2. The number of ether oxygens (including phenoxy) is 1. The Hall–Kier alpha value is -4.58. The quantitative estimate of drug-likeness (QED) is 0.243. The standard InChI is InChI=1S/C35H37N3O3/c1-3-36-35(40)33(25-11-5-4-6-12-25)26-21-23-38(24-22-26)28-19-17-27(18-20-28)37-34(39)31-15-8-7-13-29(31)30-14-9-10-16-32(30)41-2/h4-20,26,33H,3,21-24H2,1-2H3,(H,36,40)(H,37,39). The van der Waals surface area contributed by atoms with Gasteiger partial charge in [0.25, 0.3) is 5.91 Å². The van der Waals surface area contributed by atoms with E-state index in [0.717, 1.165) is 59.7 Å². The van der Waals surface area contributed by atoms with E-state index in [1.807, 2.05) is 85.8 Å². The van der Waals surface area contributed by atoms with Gasteiger partial charge >= 0.3 is 0 Å². The van der Waals surface area contributed by atoms with E-state index < -0.39 is 0 Å². The van der Waals surface area contributed by atoms with E-state index in [2.05, 4.69) is 39.8 Å². The summed E-state index contributed by atoms with van der Waals surface area (Å²) in [6.45, 7) is 4.36. The molecule has 0 aromatic heterocycles. The molecule has 0 spiro atoms. The van der Waals surface area contributed by atoms with Crippen LogP contribution in [0.4, 0.5) is 11.4 Å². The summed E-state index contributed by atoms with van der Waals surface area (Å²) in [4.78, 5) is 28.7. The summed E-state index contributed by atoms with van der Waals surface area (Å²) in [7, 11) is 1.64. The van der Waals surface area contributed by atoms with Gasteiger partial charge in [0.15, 0.2) is 0 Å². The predicted octanol–water partition coefficient (Wildman–Crippen LogP) is 6.75. The van der Waals surface area contributed by atoms with Crippen molar-refractivity contribution < 1.29 is 14.3 Å². The average Bonchev–Trinajstić information content (AvgIpc) is 3.02. The van der Waals surface area contributed by atoms with E-state index in [1.165, 1.54) is 0 Å². The van der Waals surface area contributed by atoms with Crippen molar-refractivity contribution in [2.45, 2.75) is 25.7 Å². The largest absolute Gasteiger partial charge is 0.496 e. The number of para-hydroxylation sites is 1. The van der Waals surface area contributed by atoms with Crippen molar-refractivity contribution in [2.75, 3.05) is 37.0 Å². The number of hydrogen-bond donors (Lipinski definition) is 2. The number of carbonyl (C=O) groups excluding carboxylic acids is 2. The highest BCUT2D eigenvalue weighted by Crippen LogP contribution is 2.35. The van der Waals surface area contributed by atoms with E-state index in [0.29, 0.717) is 18.0 Å². The number of rotatable bonds is 9. The third-order valence-corrected chi connectivity index (χ3v) is 7.86. The van der Waals surface area contributed by atoms with Gasteiger partial charge in [-0.05, 0) is 73.2 Å². The summed E-state index contributed by atoms with van der Waals surface area (Å²) in [5.74, 6) is 0.834. The normalized spacial score (nSPS) is 14.2. The molecule has 1 fully saturated rings. The molecule has 0 radical (unpaired) electrons. The van der Waals surface area contributed by atoms with E-state index in [4.69, 9.17) is 4.74 Å². The van der Waals surface area contributed by atoms with Crippen molar-refractivity contribution in [1.29, 1.82) is 0 Å². The summed E-state index contributed by atoms with van der Waals surface area (Å²) in [6.07, 6.45) is 1.88. The molecule has 0 saturated carbocycles. The van der Waals surface area contributed by atoms with Gasteiger partial charge in [0.05, 0.1) is 13.0 Å². The van der Waals surface area contributed by atoms with Crippen LogP contribution in [0, 0.1) is 5.92 Å². The van der Waals surface area contributed by atoms with Crippen LogP contribution in [0.3, 0.4) is 0 Å². The lowest BCUT2D eigenvalue weighted by Crippen LogP contribution is -2.40. The maximum Gasteiger partial charge on any atom is 0.256 e. The van der Waals surface area contributed by atoms with E-state index in [-0.39, 0.29) is 17.7 Å². The number of hydrogen-bond acceptors (Lipinski definition) is 4. The molecule has 1 unspecified atom stereocenters. The number of nitrogens with one attached hydrogen (secondary N) is 2. The van der Waals surface area contributed by atoms with Gasteiger partial charge < -0.3 is 20.3 Å². The highest BCUT2D eigenvalue weighted by atomic mass is 16.5. The van der Waals surface area contributed by atoms with Gasteiger partial charge in [-0.3, -0.25) is 9.59 Å². The summed E-state index contributed by atoms with van der Waals surface area (Å²) < 4.78 is 5.53. The maximum absolute atomic E-state index is 13.3. The van der Waals surface area contributed by atoms with Gasteiger partial charge in [-0.25, -0.2) is 0 Å². The first-order valence-corrected chi connectivity index (χ1v) is 14.3. The fourth-order valence-electron chi connectivity index (χ4n) is 5.81. The van der Waals surface area contributed by atoms with E-state index in [1.54, 1.807) is 7.11 Å². The molecule has 6 nitrogen and oxygen atoms in total. The Kier molecular flexibility index (Phi) is 8.99. The van der Waals surface area contributed by atoms with Gasteiger partial charge in [-0.1, -0.05) is 66.7 Å². The second-order valence-corrected chi connectivity index (χ2v) is 10.4. The number of carbonyl (C=O) groups is 2. The summed E-state index contributed by atoms with van der Waals surface area (Å²) in [5.41, 5.74) is 5.23. The van der Waals surface area contributed by atoms with Crippen LogP contribution in [0.15, 0.2) is 103 Å². The van der Waals surface area contributed by atoms with Gasteiger partial charge in [-0.2, -0.15) is 0 Å². The molecule has 6 heteroatoms. The smallest absolute Gasteiger partial charge is 0.256 e. The first-order chi connectivity index (χ1) is 20.1. The monoisotopic (exact) mass is 547 g/mol. The lowest BCUT2D eigenvalue weighted by Gasteiger charge is -2.37. The highest BCUT2D eigenvalue weighted by Gasteiger charge is 2.32. The van der Waals surface area contributed by atoms with Crippen LogP contribution in [0.5, 0.6) is 5.75 Å². The topological polar surface area (TPSA) is 70.7 Å². The zero-order valence-corrected chi connectivity index (χ0v) is 23.7. The molecule has 5 rings (SSSR count). The fourth-order valence-corrected chi connectivity index (χ4v) is 5.81. The Morgan fingerprint density at radius 2 is 1.46 bits per heavy atom. The van der Waals surface area contributed by atoms with Gasteiger partial charge in [0.1, 0.15) is 5.75 Å². The molecule has 2 N–H and O–H groups in total. The van der Waals surface area contributed by atoms with Crippen LogP contribution in [0.2, 0.25) is 0 Å². The number of anilines is 2. The molecule has 0 bridgehead atoms. The molecule has 41 heavy (non-hydrogen) atoms. The minimum atomic E-state index is -0.169. The summed E-state index contributed by atoms with van der Waals surface area (Å²) in [5, 5.41) is 6.10. The molecule has 1 aliphatic rings. The van der Waals surface area contributed by atoms with Gasteiger partial charge in [-0.15, -0.1) is 0 Å². The Morgan fingerprint density at radius 1 is 0.829 bits per heavy atom. The number of likely N-dealkylation sites (N-methyl/N-ethyl adjacent to an activating group) is 1. The first kappa shape index (κ1) is 28.0. The zero-order chi connectivity index (χ0) is 28.6. The van der Waals surface area contributed by atoms with Crippen LogP contribution in [-0.4, -0.2) is 38.6 Å². The lowest BCUT2D eigenvalue weighted by atomic mass is 9.79. The number of nitrogens with zero attached hydrogens (tertiary/aromatic N) is 1. The van der Waals surface area contributed by atoms with Crippen molar-refractivity contribution in [3.8, 4) is 16.9 Å². The van der Waals surface area contributed by atoms with E-state index in [9.17, 15) is 9.59 Å². The zero-order valence-electron chi connectivity index (χ0n) is 23.7. The molecule has 4 aromatic carbocycles. The fraction of sp³-hybridized carbons (Fsp3) is 0.257. The van der Waals surface area contributed by atoms with Crippen molar-refractivity contribution in [1.82, 2.24) is 5.32 Å². The van der Waals surface area contributed by atoms with Crippen molar-refractivity contribution in [3.05, 3.63) is 114 Å². The molecule has 1 aliphatic heterocycles. The number of piperidine rings is 1. The van der Waals surface area contributed by atoms with Gasteiger partial charge in [0, 0.05) is 42.1 Å². The van der Waals surface area contributed by atoms with Crippen LogP contribution in [0.1, 0.15) is 41.6 Å². The molecule has 1 saturated heterocycles. The second-order valence-electron chi connectivity index (χ2n) is 10.4. The van der Waals surface area contributed by atoms with Crippen LogP contribution in [0.25, 0.3) is 11.1 Å². The molecule has 4 aromatic rings. The number of methoxy groups -OCH3 is 1. The maximum atomic E-state index is 13.3. The average molecular weight is 548 g/mol. The SMILES string of the molecule is CCNC(=O)C(c1ccccc1)C1CCN(c2ccc(NC(=O)c3ccccc3-c3ccccc3OC)cc2)CC1. The van der Waals surface area contributed by atoms with Gasteiger partial charge in [0.2, 0.25) is 5.91 Å². The first-order valence-electron chi connectivity index (χ1n) is 14.3. The highest BCUT2D eigenvalue weighted by molar-refractivity contribution is 6.09. The van der Waals surface area contributed by atoms with Crippen molar-refractivity contribution in [3.63, 3.8) is 0 Å². The van der Waals surface area contributed by atoms with Crippen molar-refractivity contribution >= 4 is 23.2 Å². The molecule has 1 atom stereocenters. The van der Waals surface area contributed by atoms with E-state index >= 15 is 0 Å². The third-order valence-electron chi connectivity index (χ3n) is 7.86. The lowest BCUT2D eigenvalue weighted by molar-refractivity contribution is -0.123. The number of benzene rings is 4. The predicted molar refractivity (Wildman–Crippen MR) is 166 cm³/mol. The summed E-state index contributed by atoms with van der Waals surface area (Å²) in [6, 6.07) is 33.4. The Balaban J connectivity index is 1.24. The van der Waals surface area contributed by atoms with Crippen LogP contribution in [-0.2, 0) is 4.79 Å². The summed E-state index contributed by atoms with van der Waals surface area (Å²) >= 11 is 0. The molecule has 0 aliphatic carbocycles. The van der Waals surface area contributed by atoms with Crippen LogP contribution >= 0.6 is 0 Å². The van der Waals surface area contributed by atoms with Crippen molar-refractivity contribution in [2.24, 2.45) is 5.92 Å². The Morgan fingerprint density at radius 3 is 2.15 bits per heavy atom.